The van der Waals surface area contributed by atoms with Gasteiger partial charge >= 0.3 is 0 Å². The molecular weight excluding hydrogens is 230 g/mol. The Morgan fingerprint density at radius 2 is 1.72 bits per heavy atom. The number of carbonyl (C=O) groups excluding carboxylic acids is 2. The maximum Gasteiger partial charge on any atom is 0.236 e. The first kappa shape index (κ1) is 16.9. The summed E-state index contributed by atoms with van der Waals surface area (Å²) in [5, 5.41) is 2.78. The molecule has 0 bridgehead atoms. The van der Waals surface area contributed by atoms with Gasteiger partial charge in [0.05, 0.1) is 6.04 Å². The molecule has 0 radical (unpaired) electrons. The predicted molar refractivity (Wildman–Crippen MR) is 72.8 cm³/mol. The van der Waals surface area contributed by atoms with Gasteiger partial charge in [0, 0.05) is 13.0 Å². The fourth-order valence-electron chi connectivity index (χ4n) is 1.68. The molecule has 0 aliphatic heterocycles. The summed E-state index contributed by atoms with van der Waals surface area (Å²) in [5.74, 6) is -0.612. The van der Waals surface area contributed by atoms with Crippen molar-refractivity contribution in [2.45, 2.75) is 64.3 Å². The van der Waals surface area contributed by atoms with Crippen molar-refractivity contribution in [1.29, 1.82) is 0 Å². The fourth-order valence-corrected chi connectivity index (χ4v) is 1.68. The van der Waals surface area contributed by atoms with E-state index in [2.05, 4.69) is 12.2 Å². The molecular formula is C13H27N3O2. The summed E-state index contributed by atoms with van der Waals surface area (Å²) in [6.45, 7) is 2.85. The van der Waals surface area contributed by atoms with Gasteiger partial charge < -0.3 is 16.8 Å². The lowest BCUT2D eigenvalue weighted by Gasteiger charge is -2.11. The Hall–Kier alpha value is -1.10. The normalized spacial score (nSPS) is 12.1. The minimum Gasteiger partial charge on any atom is -0.370 e. The molecule has 0 heterocycles. The maximum absolute atomic E-state index is 11.5. The Balaban J connectivity index is 3.43. The number of amides is 2. The summed E-state index contributed by atoms with van der Waals surface area (Å²) in [5.41, 5.74) is 10.6. The molecule has 0 fully saturated rings. The van der Waals surface area contributed by atoms with Gasteiger partial charge in [-0.2, -0.15) is 0 Å². The number of primary amides is 1. The van der Waals surface area contributed by atoms with Crippen molar-refractivity contribution in [2.75, 3.05) is 6.54 Å². The molecule has 0 aliphatic carbocycles. The third-order valence-corrected chi connectivity index (χ3v) is 2.87. The van der Waals surface area contributed by atoms with Crippen LogP contribution in [0.25, 0.3) is 0 Å². The standard InChI is InChI=1S/C13H27N3O2/c1-2-3-4-5-6-7-10-16-13(18)11(14)8-9-12(15)17/h11H,2-10,14H2,1H3,(H2,15,17)(H,16,18). The molecule has 106 valence electrons. The first-order chi connectivity index (χ1) is 8.57. The van der Waals surface area contributed by atoms with Crippen LogP contribution in [0.4, 0.5) is 0 Å². The zero-order valence-electron chi connectivity index (χ0n) is 11.4. The van der Waals surface area contributed by atoms with Crippen molar-refractivity contribution < 1.29 is 9.59 Å². The van der Waals surface area contributed by atoms with E-state index < -0.39 is 11.9 Å². The van der Waals surface area contributed by atoms with Crippen LogP contribution in [0, 0.1) is 0 Å². The topological polar surface area (TPSA) is 98.2 Å². The molecule has 0 saturated heterocycles. The average molecular weight is 257 g/mol. The monoisotopic (exact) mass is 257 g/mol. The van der Waals surface area contributed by atoms with Crippen LogP contribution in [-0.2, 0) is 9.59 Å². The van der Waals surface area contributed by atoms with Crippen molar-refractivity contribution in [2.24, 2.45) is 11.5 Å². The van der Waals surface area contributed by atoms with E-state index in [-0.39, 0.29) is 12.3 Å². The molecule has 0 aromatic carbocycles. The van der Waals surface area contributed by atoms with Gasteiger partial charge in [0.1, 0.15) is 0 Å². The Morgan fingerprint density at radius 3 is 2.33 bits per heavy atom. The van der Waals surface area contributed by atoms with Crippen molar-refractivity contribution in [3.05, 3.63) is 0 Å². The molecule has 5 N–H and O–H groups in total. The lowest BCUT2D eigenvalue weighted by Crippen LogP contribution is -2.41. The second-order valence-electron chi connectivity index (χ2n) is 4.67. The highest BCUT2D eigenvalue weighted by Gasteiger charge is 2.13. The highest BCUT2D eigenvalue weighted by Crippen LogP contribution is 2.04. The third kappa shape index (κ3) is 10.1. The highest BCUT2D eigenvalue weighted by atomic mass is 16.2. The number of carbonyl (C=O) groups is 2. The number of hydrogen-bond donors (Lipinski definition) is 3. The van der Waals surface area contributed by atoms with Crippen molar-refractivity contribution in [1.82, 2.24) is 5.32 Å². The summed E-state index contributed by atoms with van der Waals surface area (Å²) in [6.07, 6.45) is 7.61. The van der Waals surface area contributed by atoms with E-state index in [4.69, 9.17) is 11.5 Å². The average Bonchev–Trinajstić information content (AvgIpc) is 2.34. The second kappa shape index (κ2) is 11.0. The summed E-state index contributed by atoms with van der Waals surface area (Å²) in [7, 11) is 0. The van der Waals surface area contributed by atoms with Gasteiger partial charge in [0.25, 0.3) is 0 Å². The van der Waals surface area contributed by atoms with Crippen LogP contribution in [0.15, 0.2) is 0 Å². The highest BCUT2D eigenvalue weighted by molar-refractivity contribution is 5.82. The summed E-state index contributed by atoms with van der Waals surface area (Å²) in [4.78, 5) is 22.0. The van der Waals surface area contributed by atoms with E-state index in [1.807, 2.05) is 0 Å². The smallest absolute Gasteiger partial charge is 0.236 e. The van der Waals surface area contributed by atoms with Crippen molar-refractivity contribution in [3.8, 4) is 0 Å². The fraction of sp³-hybridized carbons (Fsp3) is 0.846. The first-order valence-electron chi connectivity index (χ1n) is 6.89. The summed E-state index contributed by atoms with van der Waals surface area (Å²) < 4.78 is 0. The van der Waals surface area contributed by atoms with Crippen LogP contribution in [-0.4, -0.2) is 24.4 Å². The zero-order chi connectivity index (χ0) is 13.8. The largest absolute Gasteiger partial charge is 0.370 e. The summed E-state index contributed by atoms with van der Waals surface area (Å²) >= 11 is 0. The van der Waals surface area contributed by atoms with E-state index in [0.717, 1.165) is 12.8 Å². The minimum absolute atomic E-state index is 0.158. The molecule has 0 saturated carbocycles. The lowest BCUT2D eigenvalue weighted by molar-refractivity contribution is -0.122. The van der Waals surface area contributed by atoms with Gasteiger partial charge in [-0.3, -0.25) is 9.59 Å². The van der Waals surface area contributed by atoms with E-state index >= 15 is 0 Å². The predicted octanol–water partition coefficient (Wildman–Crippen LogP) is 1.06. The van der Waals surface area contributed by atoms with Crippen LogP contribution in [0.2, 0.25) is 0 Å². The molecule has 18 heavy (non-hydrogen) atoms. The van der Waals surface area contributed by atoms with E-state index in [1.54, 1.807) is 0 Å². The van der Waals surface area contributed by atoms with Gasteiger partial charge in [0.15, 0.2) is 0 Å². The lowest BCUT2D eigenvalue weighted by atomic mass is 10.1. The second-order valence-corrected chi connectivity index (χ2v) is 4.67. The van der Waals surface area contributed by atoms with Gasteiger partial charge in [0.2, 0.25) is 11.8 Å². The van der Waals surface area contributed by atoms with E-state index in [1.165, 1.54) is 25.7 Å². The van der Waals surface area contributed by atoms with Gasteiger partial charge in [-0.15, -0.1) is 0 Å². The number of nitrogens with one attached hydrogen (secondary N) is 1. The SMILES string of the molecule is CCCCCCCCNC(=O)C(N)CCC(N)=O. The van der Waals surface area contributed by atoms with Crippen molar-refractivity contribution in [3.63, 3.8) is 0 Å². The van der Waals surface area contributed by atoms with E-state index in [9.17, 15) is 9.59 Å². The quantitative estimate of drug-likeness (QED) is 0.483. The number of rotatable bonds is 11. The molecule has 5 heteroatoms. The molecule has 0 aromatic rings. The minimum atomic E-state index is -0.627. The van der Waals surface area contributed by atoms with Gasteiger partial charge in [-0.25, -0.2) is 0 Å². The van der Waals surface area contributed by atoms with Crippen LogP contribution < -0.4 is 16.8 Å². The Labute approximate surface area is 110 Å². The van der Waals surface area contributed by atoms with Crippen LogP contribution >= 0.6 is 0 Å². The number of nitrogens with two attached hydrogens (primary N) is 2. The molecule has 0 aliphatic rings. The maximum atomic E-state index is 11.5. The third-order valence-electron chi connectivity index (χ3n) is 2.87. The van der Waals surface area contributed by atoms with Crippen LogP contribution in [0.5, 0.6) is 0 Å². The Morgan fingerprint density at radius 1 is 1.11 bits per heavy atom. The molecule has 5 nitrogen and oxygen atoms in total. The van der Waals surface area contributed by atoms with Gasteiger partial charge in [-0.1, -0.05) is 39.0 Å². The Kier molecular flexibility index (Phi) is 10.3. The zero-order valence-corrected chi connectivity index (χ0v) is 11.4. The van der Waals surface area contributed by atoms with Crippen LogP contribution in [0.3, 0.4) is 0 Å². The molecule has 0 rings (SSSR count). The van der Waals surface area contributed by atoms with Crippen molar-refractivity contribution >= 4 is 11.8 Å². The molecule has 0 spiro atoms. The first-order valence-corrected chi connectivity index (χ1v) is 6.89. The van der Waals surface area contributed by atoms with Crippen LogP contribution in [0.1, 0.15) is 58.3 Å². The number of unbranched alkanes of at least 4 members (excludes halogenated alkanes) is 5. The Bertz CT molecular complexity index is 244. The van der Waals surface area contributed by atoms with E-state index in [0.29, 0.717) is 13.0 Å². The summed E-state index contributed by atoms with van der Waals surface area (Å²) in [6, 6.07) is -0.627. The molecule has 0 aromatic heterocycles. The number of hydrogen-bond acceptors (Lipinski definition) is 3. The molecule has 1 unspecified atom stereocenters. The molecule has 2 amide bonds. The molecule has 1 atom stereocenters. The van der Waals surface area contributed by atoms with Gasteiger partial charge in [-0.05, 0) is 12.8 Å².